The van der Waals surface area contributed by atoms with Gasteiger partial charge >= 0.3 is 0 Å². The summed E-state index contributed by atoms with van der Waals surface area (Å²) in [6.45, 7) is 1.78. The van der Waals surface area contributed by atoms with Crippen LogP contribution in [0.4, 0.5) is 0 Å². The summed E-state index contributed by atoms with van der Waals surface area (Å²) in [5, 5.41) is 12.1. The molecule has 0 saturated carbocycles. The second-order valence-corrected chi connectivity index (χ2v) is 4.64. The Labute approximate surface area is 110 Å². The Morgan fingerprint density at radius 1 is 1.41 bits per heavy atom. The Hall–Kier alpha value is -1.39. The minimum Gasteiger partial charge on any atom is -0.506 e. The Balaban J connectivity index is 2.46. The van der Waals surface area contributed by atoms with Gasteiger partial charge in [0.15, 0.2) is 0 Å². The molecule has 0 amide bonds. The van der Waals surface area contributed by atoms with E-state index in [4.69, 9.17) is 24.4 Å². The number of benzene rings is 1. The number of thiocarbonyl (C=S) groups is 2. The maximum absolute atomic E-state index is 9.63. The SMILES string of the molecule is Cc1nc2ccc(CC(=S)C=S)cc2cc1O. The van der Waals surface area contributed by atoms with Crippen molar-refractivity contribution in [2.45, 2.75) is 13.3 Å². The summed E-state index contributed by atoms with van der Waals surface area (Å²) in [6, 6.07) is 7.62. The van der Waals surface area contributed by atoms with Gasteiger partial charge in [-0.25, -0.2) is 4.98 Å². The Morgan fingerprint density at radius 2 is 2.18 bits per heavy atom. The highest BCUT2D eigenvalue weighted by molar-refractivity contribution is 7.88. The molecule has 0 radical (unpaired) electrons. The molecule has 1 aromatic carbocycles. The molecule has 0 aliphatic heterocycles. The molecule has 1 heterocycles. The second kappa shape index (κ2) is 4.85. The standard InChI is InChI=1S/C13H11NOS2/c1-8-13(15)6-10-4-9(5-11(17)7-16)2-3-12(10)14-8/h2-4,6-7,15H,5H2,1H3. The predicted molar refractivity (Wildman–Crippen MR) is 78.1 cm³/mol. The van der Waals surface area contributed by atoms with Crippen molar-refractivity contribution < 1.29 is 5.11 Å². The van der Waals surface area contributed by atoms with Crippen LogP contribution in [0.5, 0.6) is 5.75 Å². The van der Waals surface area contributed by atoms with E-state index in [9.17, 15) is 5.11 Å². The third-order valence-corrected chi connectivity index (χ3v) is 3.25. The fourth-order valence-corrected chi connectivity index (χ4v) is 1.91. The molecule has 2 aromatic rings. The number of hydrogen-bond acceptors (Lipinski definition) is 4. The Morgan fingerprint density at radius 3 is 2.88 bits per heavy atom. The average Bonchev–Trinajstić information content (AvgIpc) is 2.31. The summed E-state index contributed by atoms with van der Waals surface area (Å²) in [7, 11) is 0. The van der Waals surface area contributed by atoms with E-state index in [1.165, 1.54) is 5.37 Å². The van der Waals surface area contributed by atoms with E-state index in [2.05, 4.69) is 4.98 Å². The number of hydrogen-bond donors (Lipinski definition) is 1. The second-order valence-electron chi connectivity index (χ2n) is 3.88. The normalized spacial score (nSPS) is 10.4. The first-order valence-corrected chi connectivity index (χ1v) is 6.05. The average molecular weight is 261 g/mol. The van der Waals surface area contributed by atoms with Gasteiger partial charge in [0.1, 0.15) is 5.75 Å². The molecule has 0 spiro atoms. The van der Waals surface area contributed by atoms with Crippen molar-refractivity contribution in [1.82, 2.24) is 4.98 Å². The fraction of sp³-hybridized carbons (Fsp3) is 0.154. The molecule has 0 bridgehead atoms. The number of aromatic nitrogens is 1. The fourth-order valence-electron chi connectivity index (χ4n) is 1.66. The lowest BCUT2D eigenvalue weighted by Gasteiger charge is -2.04. The van der Waals surface area contributed by atoms with Crippen LogP contribution in [-0.4, -0.2) is 20.3 Å². The number of aryl methyl sites for hydroxylation is 1. The van der Waals surface area contributed by atoms with Crippen LogP contribution in [0, 0.1) is 6.92 Å². The largest absolute Gasteiger partial charge is 0.506 e. The molecular formula is C13H11NOS2. The maximum atomic E-state index is 9.63. The smallest absolute Gasteiger partial charge is 0.137 e. The highest BCUT2D eigenvalue weighted by atomic mass is 32.1. The summed E-state index contributed by atoms with van der Waals surface area (Å²) in [6.07, 6.45) is 0.656. The summed E-state index contributed by atoms with van der Waals surface area (Å²) in [4.78, 5) is 5.04. The van der Waals surface area contributed by atoms with Crippen LogP contribution in [0.2, 0.25) is 0 Å². The van der Waals surface area contributed by atoms with Crippen LogP contribution in [0.15, 0.2) is 24.3 Å². The molecule has 0 atom stereocenters. The van der Waals surface area contributed by atoms with Gasteiger partial charge < -0.3 is 5.11 Å². The van der Waals surface area contributed by atoms with Crippen molar-refractivity contribution in [3.8, 4) is 5.75 Å². The molecule has 17 heavy (non-hydrogen) atoms. The molecule has 4 heteroatoms. The molecule has 1 aromatic heterocycles. The van der Waals surface area contributed by atoms with Crippen molar-refractivity contribution >= 4 is 45.6 Å². The lowest BCUT2D eigenvalue weighted by Crippen LogP contribution is -1.99. The number of nitrogens with zero attached hydrogens (tertiary/aromatic N) is 1. The first-order valence-electron chi connectivity index (χ1n) is 5.17. The van der Waals surface area contributed by atoms with Gasteiger partial charge in [-0.15, -0.1) is 0 Å². The van der Waals surface area contributed by atoms with Crippen molar-refractivity contribution in [3.05, 3.63) is 35.5 Å². The molecule has 0 aliphatic carbocycles. The van der Waals surface area contributed by atoms with E-state index in [1.54, 1.807) is 13.0 Å². The minimum atomic E-state index is 0.215. The summed E-state index contributed by atoms with van der Waals surface area (Å²) >= 11 is 9.87. The number of pyridine rings is 1. The van der Waals surface area contributed by atoms with Crippen molar-refractivity contribution in [2.75, 3.05) is 0 Å². The Kier molecular flexibility index (Phi) is 3.45. The minimum absolute atomic E-state index is 0.215. The molecule has 0 unspecified atom stereocenters. The van der Waals surface area contributed by atoms with Crippen LogP contribution < -0.4 is 0 Å². The zero-order valence-electron chi connectivity index (χ0n) is 9.30. The van der Waals surface area contributed by atoms with E-state index >= 15 is 0 Å². The van der Waals surface area contributed by atoms with E-state index in [-0.39, 0.29) is 5.75 Å². The van der Waals surface area contributed by atoms with Gasteiger partial charge in [0.05, 0.1) is 11.2 Å². The van der Waals surface area contributed by atoms with Crippen LogP contribution in [0.3, 0.4) is 0 Å². The van der Waals surface area contributed by atoms with E-state index in [0.29, 0.717) is 12.1 Å². The highest BCUT2D eigenvalue weighted by Crippen LogP contribution is 2.22. The zero-order chi connectivity index (χ0) is 12.4. The summed E-state index contributed by atoms with van der Waals surface area (Å²) in [5.74, 6) is 0.215. The lowest BCUT2D eigenvalue weighted by atomic mass is 10.1. The molecule has 2 nitrogen and oxygen atoms in total. The van der Waals surface area contributed by atoms with Gasteiger partial charge in [-0.1, -0.05) is 30.5 Å². The van der Waals surface area contributed by atoms with E-state index in [0.717, 1.165) is 21.3 Å². The number of aromatic hydroxyl groups is 1. The third kappa shape index (κ3) is 2.65. The van der Waals surface area contributed by atoms with E-state index in [1.807, 2.05) is 18.2 Å². The quantitative estimate of drug-likeness (QED) is 0.860. The van der Waals surface area contributed by atoms with Gasteiger partial charge in [-0.2, -0.15) is 0 Å². The van der Waals surface area contributed by atoms with Crippen LogP contribution in [0.1, 0.15) is 11.3 Å². The maximum Gasteiger partial charge on any atom is 0.137 e. The molecule has 2 rings (SSSR count). The molecule has 0 saturated heterocycles. The molecular weight excluding hydrogens is 250 g/mol. The number of rotatable bonds is 3. The number of fused-ring (bicyclic) bond motifs is 1. The first-order chi connectivity index (χ1) is 8.10. The predicted octanol–water partition coefficient (Wildman–Crippen LogP) is 3.16. The van der Waals surface area contributed by atoms with Gasteiger partial charge in [-0.3, -0.25) is 0 Å². The topological polar surface area (TPSA) is 33.1 Å². The van der Waals surface area contributed by atoms with Crippen molar-refractivity contribution in [3.63, 3.8) is 0 Å². The van der Waals surface area contributed by atoms with Crippen molar-refractivity contribution in [1.29, 1.82) is 0 Å². The zero-order valence-corrected chi connectivity index (χ0v) is 10.9. The summed E-state index contributed by atoms with van der Waals surface area (Å²) in [5.41, 5.74) is 2.59. The molecule has 86 valence electrons. The van der Waals surface area contributed by atoms with Crippen LogP contribution >= 0.6 is 24.4 Å². The first kappa shape index (κ1) is 12.1. The molecule has 0 aliphatic rings. The van der Waals surface area contributed by atoms with Crippen LogP contribution in [0.25, 0.3) is 10.9 Å². The molecule has 1 N–H and O–H groups in total. The van der Waals surface area contributed by atoms with Gasteiger partial charge in [0.2, 0.25) is 0 Å². The Bertz CT molecular complexity index is 608. The monoisotopic (exact) mass is 261 g/mol. The summed E-state index contributed by atoms with van der Waals surface area (Å²) < 4.78 is 0. The van der Waals surface area contributed by atoms with Gasteiger partial charge in [-0.05, 0) is 30.7 Å². The van der Waals surface area contributed by atoms with Gasteiger partial charge in [0.25, 0.3) is 0 Å². The highest BCUT2D eigenvalue weighted by Gasteiger charge is 2.03. The van der Waals surface area contributed by atoms with Crippen LogP contribution in [-0.2, 0) is 6.42 Å². The van der Waals surface area contributed by atoms with E-state index < -0.39 is 0 Å². The van der Waals surface area contributed by atoms with Gasteiger partial charge in [0, 0.05) is 22.0 Å². The molecule has 0 fully saturated rings. The third-order valence-electron chi connectivity index (χ3n) is 2.55. The van der Waals surface area contributed by atoms with Crippen molar-refractivity contribution in [2.24, 2.45) is 0 Å². The lowest BCUT2D eigenvalue weighted by molar-refractivity contribution is 0.469.